The van der Waals surface area contributed by atoms with Gasteiger partial charge < -0.3 is 9.73 Å². The summed E-state index contributed by atoms with van der Waals surface area (Å²) < 4.78 is 42.6. The van der Waals surface area contributed by atoms with Crippen LogP contribution in [-0.4, -0.2) is 18.2 Å². The Morgan fingerprint density at radius 2 is 2.18 bits per heavy atom. The van der Waals surface area contributed by atoms with Gasteiger partial charge in [0.1, 0.15) is 17.6 Å². The Kier molecular flexibility index (Phi) is 4.50. The monoisotopic (exact) mass is 267 g/mol. The van der Waals surface area contributed by atoms with Crippen LogP contribution in [0.25, 0.3) is 0 Å². The first-order chi connectivity index (χ1) is 7.91. The summed E-state index contributed by atoms with van der Waals surface area (Å²) >= 11 is 3.86. The molecule has 0 aliphatic carbocycles. The molecule has 1 rings (SSSR count). The number of rotatable bonds is 4. The van der Waals surface area contributed by atoms with Gasteiger partial charge in [0, 0.05) is 18.7 Å². The minimum Gasteiger partial charge on any atom is -0.468 e. The van der Waals surface area contributed by atoms with Gasteiger partial charge in [0.25, 0.3) is 5.91 Å². The molecule has 17 heavy (non-hydrogen) atoms. The van der Waals surface area contributed by atoms with Crippen molar-refractivity contribution < 1.29 is 22.4 Å². The average molecular weight is 267 g/mol. The van der Waals surface area contributed by atoms with Gasteiger partial charge in [-0.25, -0.2) is 0 Å². The van der Waals surface area contributed by atoms with Gasteiger partial charge in [-0.2, -0.15) is 25.8 Å². The zero-order valence-electron chi connectivity index (χ0n) is 9.10. The van der Waals surface area contributed by atoms with E-state index in [9.17, 15) is 18.0 Å². The number of nitrogens with one attached hydrogen (secondary N) is 1. The molecule has 0 aliphatic rings. The number of hydrogen-bond acceptors (Lipinski definition) is 3. The quantitative estimate of drug-likeness (QED) is 0.823. The number of halogens is 3. The van der Waals surface area contributed by atoms with Gasteiger partial charge in [-0.3, -0.25) is 4.79 Å². The second-order valence-corrected chi connectivity index (χ2v) is 3.73. The van der Waals surface area contributed by atoms with E-state index in [1.165, 1.54) is 0 Å². The van der Waals surface area contributed by atoms with Crippen LogP contribution in [0.15, 0.2) is 10.7 Å². The summed E-state index contributed by atoms with van der Waals surface area (Å²) in [5.41, 5.74) is -1.47. The van der Waals surface area contributed by atoms with Crippen molar-refractivity contribution in [1.29, 1.82) is 0 Å². The molecule has 0 aromatic carbocycles. The summed E-state index contributed by atoms with van der Waals surface area (Å²) in [4.78, 5) is 11.6. The number of carbonyl (C=O) groups excluding carboxylic acids is 1. The molecule has 0 spiro atoms. The van der Waals surface area contributed by atoms with Crippen LogP contribution in [0.5, 0.6) is 0 Å². The lowest BCUT2D eigenvalue weighted by Crippen LogP contribution is -2.28. The van der Waals surface area contributed by atoms with Gasteiger partial charge in [0.2, 0.25) is 0 Å². The van der Waals surface area contributed by atoms with Crippen LogP contribution < -0.4 is 5.32 Å². The maximum Gasteiger partial charge on any atom is 0.420 e. The second kappa shape index (κ2) is 5.48. The Morgan fingerprint density at radius 3 is 2.65 bits per heavy atom. The molecular formula is C10H12F3NO2S. The molecule has 0 unspecified atom stereocenters. The van der Waals surface area contributed by atoms with Crippen molar-refractivity contribution in [3.63, 3.8) is 0 Å². The molecule has 0 aliphatic heterocycles. The van der Waals surface area contributed by atoms with Gasteiger partial charge in [-0.15, -0.1) is 0 Å². The normalized spacial score (nSPS) is 11.6. The highest BCUT2D eigenvalue weighted by Crippen LogP contribution is 2.34. The second-order valence-electron chi connectivity index (χ2n) is 3.28. The topological polar surface area (TPSA) is 42.2 Å². The summed E-state index contributed by atoms with van der Waals surface area (Å²) in [7, 11) is 0. The van der Waals surface area contributed by atoms with Crippen molar-refractivity contribution in [3.05, 3.63) is 23.2 Å². The molecule has 1 N–H and O–H groups in total. The number of hydrogen-bond donors (Lipinski definition) is 2. The minimum atomic E-state index is -4.59. The molecule has 0 radical (unpaired) electrons. The Hall–Kier alpha value is -1.11. The first-order valence-corrected chi connectivity index (χ1v) is 5.61. The van der Waals surface area contributed by atoms with Crippen molar-refractivity contribution in [1.82, 2.24) is 5.32 Å². The highest BCUT2D eigenvalue weighted by Gasteiger charge is 2.38. The van der Waals surface area contributed by atoms with Crippen molar-refractivity contribution >= 4 is 18.5 Å². The van der Waals surface area contributed by atoms with Crippen LogP contribution in [-0.2, 0) is 12.6 Å². The first-order valence-electron chi connectivity index (χ1n) is 4.98. The van der Waals surface area contributed by atoms with E-state index in [1.54, 1.807) is 6.92 Å². The van der Waals surface area contributed by atoms with E-state index < -0.39 is 23.2 Å². The molecule has 7 heteroatoms. The molecule has 1 aromatic heterocycles. The summed E-state index contributed by atoms with van der Waals surface area (Å²) in [6.45, 7) is 1.82. The largest absolute Gasteiger partial charge is 0.468 e. The fourth-order valence-corrected chi connectivity index (χ4v) is 1.49. The zero-order chi connectivity index (χ0) is 13.1. The zero-order valence-corrected chi connectivity index (χ0v) is 9.99. The van der Waals surface area contributed by atoms with Crippen LogP contribution in [0.2, 0.25) is 0 Å². The van der Waals surface area contributed by atoms with E-state index >= 15 is 0 Å². The van der Waals surface area contributed by atoms with E-state index in [1.807, 2.05) is 0 Å². The molecule has 3 nitrogen and oxygen atoms in total. The van der Waals surface area contributed by atoms with Crippen LogP contribution in [0.1, 0.15) is 28.6 Å². The van der Waals surface area contributed by atoms with Crippen molar-refractivity contribution in [2.75, 3.05) is 12.3 Å². The fraction of sp³-hybridized carbons (Fsp3) is 0.500. The molecule has 0 bridgehead atoms. The number of carbonyl (C=O) groups is 1. The summed E-state index contributed by atoms with van der Waals surface area (Å²) in [6.07, 6.45) is -3.79. The molecule has 96 valence electrons. The number of alkyl halides is 3. The van der Waals surface area contributed by atoms with Crippen molar-refractivity contribution in [2.45, 2.75) is 19.5 Å². The maximum atomic E-state index is 12.6. The predicted molar refractivity (Wildman–Crippen MR) is 59.3 cm³/mol. The lowest BCUT2D eigenvalue weighted by Gasteiger charge is -2.08. The number of amides is 1. The van der Waals surface area contributed by atoms with E-state index in [0.29, 0.717) is 12.0 Å². The number of aryl methyl sites for hydroxylation is 1. The standard InChI is InChI=1S/C10H12F3NO2S/c1-2-7-8(9(15)14-3-4-17)6(5-16-7)10(11,12)13/h5,17H,2-4H2,1H3,(H,14,15). The van der Waals surface area contributed by atoms with Gasteiger partial charge in [-0.1, -0.05) is 6.92 Å². The highest BCUT2D eigenvalue weighted by molar-refractivity contribution is 7.80. The Labute approximate surface area is 102 Å². The van der Waals surface area contributed by atoms with Crippen LogP contribution in [0.3, 0.4) is 0 Å². The molecule has 0 saturated carbocycles. The molecule has 1 aromatic rings. The van der Waals surface area contributed by atoms with Gasteiger partial charge in [0.05, 0.1) is 5.56 Å². The summed E-state index contributed by atoms with van der Waals surface area (Å²) in [5, 5.41) is 2.35. The molecular weight excluding hydrogens is 255 g/mol. The van der Waals surface area contributed by atoms with E-state index in [0.717, 1.165) is 0 Å². The lowest BCUT2D eigenvalue weighted by atomic mass is 10.1. The van der Waals surface area contributed by atoms with E-state index in [-0.39, 0.29) is 18.7 Å². The number of furan rings is 1. The third-order valence-corrected chi connectivity index (χ3v) is 2.34. The van der Waals surface area contributed by atoms with Crippen LogP contribution in [0, 0.1) is 0 Å². The van der Waals surface area contributed by atoms with Crippen molar-refractivity contribution in [2.24, 2.45) is 0 Å². The molecule has 1 heterocycles. The fourth-order valence-electron chi connectivity index (χ4n) is 1.37. The minimum absolute atomic E-state index is 0.0361. The van der Waals surface area contributed by atoms with Gasteiger partial charge in [-0.05, 0) is 0 Å². The molecule has 0 fully saturated rings. The third-order valence-electron chi connectivity index (χ3n) is 2.12. The van der Waals surface area contributed by atoms with Gasteiger partial charge in [0.15, 0.2) is 0 Å². The predicted octanol–water partition coefficient (Wildman–Crippen LogP) is 2.52. The summed E-state index contributed by atoms with van der Waals surface area (Å²) in [6, 6.07) is 0. The molecule has 0 atom stereocenters. The van der Waals surface area contributed by atoms with Crippen LogP contribution >= 0.6 is 12.6 Å². The lowest BCUT2D eigenvalue weighted by molar-refractivity contribution is -0.138. The smallest absolute Gasteiger partial charge is 0.420 e. The van der Waals surface area contributed by atoms with Crippen molar-refractivity contribution in [3.8, 4) is 0 Å². The Balaban J connectivity index is 3.10. The Bertz CT molecular complexity index is 401. The molecule has 0 saturated heterocycles. The molecule has 1 amide bonds. The van der Waals surface area contributed by atoms with Gasteiger partial charge >= 0.3 is 6.18 Å². The van der Waals surface area contributed by atoms with E-state index in [2.05, 4.69) is 17.9 Å². The third kappa shape index (κ3) is 3.18. The SMILES string of the molecule is CCc1occ(C(F)(F)F)c1C(=O)NCCS. The van der Waals surface area contributed by atoms with Crippen LogP contribution in [0.4, 0.5) is 13.2 Å². The summed E-state index contributed by atoms with van der Waals surface area (Å²) in [5.74, 6) is -0.391. The highest BCUT2D eigenvalue weighted by atomic mass is 32.1. The Morgan fingerprint density at radius 1 is 1.53 bits per heavy atom. The maximum absolute atomic E-state index is 12.6. The van der Waals surface area contributed by atoms with E-state index in [4.69, 9.17) is 4.42 Å². The first kappa shape index (κ1) is 14.0. The average Bonchev–Trinajstić information content (AvgIpc) is 2.68. The number of thiol groups is 1.